The van der Waals surface area contributed by atoms with E-state index in [-0.39, 0.29) is 5.75 Å². The zero-order chi connectivity index (χ0) is 12.2. The fraction of sp³-hybridized carbons (Fsp3) is 0.444. The molecule has 0 aliphatic heterocycles. The quantitative estimate of drug-likeness (QED) is 0.665. The molecule has 1 rings (SSSR count). The molecule has 0 aliphatic carbocycles. The summed E-state index contributed by atoms with van der Waals surface area (Å²) in [6.45, 7) is 0.820. The van der Waals surface area contributed by atoms with Crippen molar-refractivity contribution in [3.8, 4) is 6.07 Å². The number of nitriles is 1. The highest BCUT2D eigenvalue weighted by molar-refractivity contribution is 7.89. The first kappa shape index (κ1) is 12.7. The molecule has 0 saturated carbocycles. The predicted molar refractivity (Wildman–Crippen MR) is 59.8 cm³/mol. The number of hydrogen-bond donors (Lipinski definition) is 2. The van der Waals surface area contributed by atoms with Crippen molar-refractivity contribution in [1.29, 1.82) is 5.26 Å². The molecule has 88 valence electrons. The van der Waals surface area contributed by atoms with Gasteiger partial charge in [-0.15, -0.1) is 0 Å². The van der Waals surface area contributed by atoms with Gasteiger partial charge in [0, 0.05) is 26.3 Å². The van der Waals surface area contributed by atoms with Crippen molar-refractivity contribution in [3.05, 3.63) is 23.5 Å². The van der Waals surface area contributed by atoms with Gasteiger partial charge in [-0.2, -0.15) is 5.26 Å². The standard InChI is InChI=1S/C9H14N4O2S/c1-13-7-8(4-9(13)5-10)6-12-2-3-16(11,14)15/h4,7,12H,2-3,6H2,1H3,(H2,11,14,15). The lowest BCUT2D eigenvalue weighted by molar-refractivity contribution is 0.592. The van der Waals surface area contributed by atoms with Gasteiger partial charge >= 0.3 is 0 Å². The van der Waals surface area contributed by atoms with Gasteiger partial charge < -0.3 is 9.88 Å². The fourth-order valence-corrected chi connectivity index (χ4v) is 1.72. The van der Waals surface area contributed by atoms with Crippen molar-refractivity contribution in [3.63, 3.8) is 0 Å². The molecule has 0 aromatic carbocycles. The van der Waals surface area contributed by atoms with Crippen molar-refractivity contribution in [2.75, 3.05) is 12.3 Å². The molecule has 1 heterocycles. The summed E-state index contributed by atoms with van der Waals surface area (Å²) in [5, 5.41) is 16.5. The highest BCUT2D eigenvalue weighted by Crippen LogP contribution is 2.05. The molecule has 0 saturated heterocycles. The maximum Gasteiger partial charge on any atom is 0.210 e. The normalized spacial score (nSPS) is 11.3. The summed E-state index contributed by atoms with van der Waals surface area (Å²) in [7, 11) is -1.62. The van der Waals surface area contributed by atoms with E-state index in [0.717, 1.165) is 5.56 Å². The zero-order valence-corrected chi connectivity index (χ0v) is 9.79. The Morgan fingerprint density at radius 2 is 2.31 bits per heavy atom. The SMILES string of the molecule is Cn1cc(CNCCS(N)(=O)=O)cc1C#N. The minimum atomic E-state index is -3.41. The van der Waals surface area contributed by atoms with Crippen LogP contribution in [-0.4, -0.2) is 25.3 Å². The largest absolute Gasteiger partial charge is 0.342 e. The topological polar surface area (TPSA) is 101 Å². The maximum absolute atomic E-state index is 10.6. The summed E-state index contributed by atoms with van der Waals surface area (Å²) in [6, 6.07) is 3.80. The van der Waals surface area contributed by atoms with Gasteiger partial charge in [-0.3, -0.25) is 0 Å². The number of nitrogens with two attached hydrogens (primary N) is 1. The highest BCUT2D eigenvalue weighted by atomic mass is 32.2. The van der Waals surface area contributed by atoms with Crippen molar-refractivity contribution in [2.45, 2.75) is 6.54 Å². The number of hydrogen-bond acceptors (Lipinski definition) is 4. The van der Waals surface area contributed by atoms with Crippen molar-refractivity contribution < 1.29 is 8.42 Å². The van der Waals surface area contributed by atoms with E-state index in [1.165, 1.54) is 0 Å². The third kappa shape index (κ3) is 4.02. The van der Waals surface area contributed by atoms with Crippen molar-refractivity contribution in [2.24, 2.45) is 12.2 Å². The molecule has 1 aromatic heterocycles. The molecule has 3 N–H and O–H groups in total. The Morgan fingerprint density at radius 3 is 2.81 bits per heavy atom. The third-order valence-corrected chi connectivity index (χ3v) is 2.84. The second-order valence-electron chi connectivity index (χ2n) is 3.50. The molecule has 6 nitrogen and oxygen atoms in total. The highest BCUT2D eigenvalue weighted by Gasteiger charge is 2.03. The minimum absolute atomic E-state index is 0.0923. The molecule has 0 radical (unpaired) electrons. The number of nitrogens with one attached hydrogen (secondary N) is 1. The smallest absolute Gasteiger partial charge is 0.210 e. The number of aromatic nitrogens is 1. The number of primary sulfonamides is 1. The Labute approximate surface area is 94.7 Å². The summed E-state index contributed by atoms with van der Waals surface area (Å²) in [4.78, 5) is 0. The summed E-state index contributed by atoms with van der Waals surface area (Å²) in [5.74, 6) is -0.0923. The number of sulfonamides is 1. The first-order valence-electron chi connectivity index (χ1n) is 4.69. The van der Waals surface area contributed by atoms with E-state index in [1.54, 1.807) is 17.7 Å². The molecule has 7 heteroatoms. The van der Waals surface area contributed by atoms with Crippen molar-refractivity contribution in [1.82, 2.24) is 9.88 Å². The van der Waals surface area contributed by atoms with E-state index in [4.69, 9.17) is 10.4 Å². The number of aryl methyl sites for hydroxylation is 1. The second-order valence-corrected chi connectivity index (χ2v) is 5.23. The van der Waals surface area contributed by atoms with Crippen LogP contribution >= 0.6 is 0 Å². The van der Waals surface area contributed by atoms with Gasteiger partial charge in [0.25, 0.3) is 0 Å². The van der Waals surface area contributed by atoms with Gasteiger partial charge in [-0.25, -0.2) is 13.6 Å². The molecule has 0 bridgehead atoms. The Morgan fingerprint density at radius 1 is 1.62 bits per heavy atom. The minimum Gasteiger partial charge on any atom is -0.342 e. The molecular formula is C9H14N4O2S. The van der Waals surface area contributed by atoms with Crippen LogP contribution in [0.5, 0.6) is 0 Å². The van der Waals surface area contributed by atoms with Gasteiger partial charge in [-0.05, 0) is 11.6 Å². The van der Waals surface area contributed by atoms with Crippen LogP contribution in [-0.2, 0) is 23.6 Å². The molecule has 0 unspecified atom stereocenters. The average molecular weight is 242 g/mol. The van der Waals surface area contributed by atoms with E-state index >= 15 is 0 Å². The van der Waals surface area contributed by atoms with Gasteiger partial charge in [0.05, 0.1) is 5.75 Å². The first-order valence-corrected chi connectivity index (χ1v) is 6.40. The zero-order valence-electron chi connectivity index (χ0n) is 8.97. The Hall–Kier alpha value is -1.36. The molecule has 0 amide bonds. The van der Waals surface area contributed by atoms with Gasteiger partial charge in [0.1, 0.15) is 11.8 Å². The van der Waals surface area contributed by atoms with Crippen LogP contribution in [0.25, 0.3) is 0 Å². The maximum atomic E-state index is 10.6. The molecule has 0 fully saturated rings. The van der Waals surface area contributed by atoms with Crippen LogP contribution in [0, 0.1) is 11.3 Å². The molecule has 1 aromatic rings. The van der Waals surface area contributed by atoms with Gasteiger partial charge in [0.15, 0.2) is 0 Å². The summed E-state index contributed by atoms with van der Waals surface area (Å²) < 4.78 is 23.0. The molecule has 0 spiro atoms. The summed E-state index contributed by atoms with van der Waals surface area (Å²) >= 11 is 0. The lowest BCUT2D eigenvalue weighted by Gasteiger charge is -2.01. The van der Waals surface area contributed by atoms with E-state index in [0.29, 0.717) is 18.8 Å². The van der Waals surface area contributed by atoms with E-state index in [9.17, 15) is 8.42 Å². The lowest BCUT2D eigenvalue weighted by atomic mass is 10.3. The third-order valence-electron chi connectivity index (χ3n) is 2.07. The van der Waals surface area contributed by atoms with Crippen LogP contribution in [0.4, 0.5) is 0 Å². The van der Waals surface area contributed by atoms with Gasteiger partial charge in [-0.1, -0.05) is 0 Å². The van der Waals surface area contributed by atoms with E-state index in [1.807, 2.05) is 12.3 Å². The van der Waals surface area contributed by atoms with Crippen LogP contribution in [0.2, 0.25) is 0 Å². The number of nitrogens with zero attached hydrogens (tertiary/aromatic N) is 2. The molecule has 0 aliphatic rings. The van der Waals surface area contributed by atoms with Crippen molar-refractivity contribution >= 4 is 10.0 Å². The molecule has 16 heavy (non-hydrogen) atoms. The molecule has 0 atom stereocenters. The number of rotatable bonds is 5. The monoisotopic (exact) mass is 242 g/mol. The van der Waals surface area contributed by atoms with Crippen LogP contribution in [0.15, 0.2) is 12.3 Å². The fourth-order valence-electron chi connectivity index (χ4n) is 1.29. The Bertz CT molecular complexity index is 498. The van der Waals surface area contributed by atoms with E-state index < -0.39 is 10.0 Å². The molecular weight excluding hydrogens is 228 g/mol. The predicted octanol–water partition coefficient (Wildman–Crippen LogP) is -0.725. The second kappa shape index (κ2) is 5.12. The summed E-state index contributed by atoms with van der Waals surface area (Å²) in [6.07, 6.45) is 1.82. The van der Waals surface area contributed by atoms with Crippen LogP contribution in [0.3, 0.4) is 0 Å². The van der Waals surface area contributed by atoms with Crippen LogP contribution in [0.1, 0.15) is 11.3 Å². The Balaban J connectivity index is 2.41. The first-order chi connectivity index (χ1) is 7.42. The van der Waals surface area contributed by atoms with Crippen LogP contribution < -0.4 is 10.5 Å². The van der Waals surface area contributed by atoms with E-state index in [2.05, 4.69) is 5.32 Å². The lowest BCUT2D eigenvalue weighted by Crippen LogP contribution is -2.26. The summed E-state index contributed by atoms with van der Waals surface area (Å²) in [5.41, 5.74) is 1.51. The Kier molecular flexibility index (Phi) is 4.06. The average Bonchev–Trinajstić information content (AvgIpc) is 2.52. The van der Waals surface area contributed by atoms with Gasteiger partial charge in [0.2, 0.25) is 10.0 Å².